The van der Waals surface area contributed by atoms with Gasteiger partial charge in [0.1, 0.15) is 34.9 Å². The van der Waals surface area contributed by atoms with Crippen molar-refractivity contribution in [2.75, 3.05) is 13.7 Å². The minimum atomic E-state index is -1.01. The molecule has 0 aromatic heterocycles. The third kappa shape index (κ3) is 10.5. The summed E-state index contributed by atoms with van der Waals surface area (Å²) < 4.78 is 28.0. The number of benzene rings is 2. The third-order valence-corrected chi connectivity index (χ3v) is 7.30. The second-order valence-corrected chi connectivity index (χ2v) is 14.2. The Kier molecular flexibility index (Phi) is 14.9. The smallest absolute Gasteiger partial charge is 1.00 e. The molecule has 0 saturated carbocycles. The van der Waals surface area contributed by atoms with E-state index in [1.807, 2.05) is 95.3 Å². The predicted molar refractivity (Wildman–Crippen MR) is 178 cm³/mol. The minimum absolute atomic E-state index is 0. The van der Waals surface area contributed by atoms with Crippen molar-refractivity contribution in [3.8, 4) is 0 Å². The second kappa shape index (κ2) is 16.6. The van der Waals surface area contributed by atoms with Crippen molar-refractivity contribution in [3.05, 3.63) is 71.8 Å². The second-order valence-electron chi connectivity index (χ2n) is 14.2. The molecular formula is C35H51BLiN2O9. The zero-order valence-corrected chi connectivity index (χ0v) is 30.5. The molecule has 0 unspecified atom stereocenters. The van der Waals surface area contributed by atoms with Crippen molar-refractivity contribution < 1.29 is 63.5 Å². The van der Waals surface area contributed by atoms with Gasteiger partial charge in [-0.1, -0.05) is 60.7 Å². The molecule has 2 aliphatic heterocycles. The maximum atomic E-state index is 12.7. The zero-order chi connectivity index (χ0) is 34.7. The van der Waals surface area contributed by atoms with Crippen LogP contribution in [0.15, 0.2) is 60.7 Å². The van der Waals surface area contributed by atoms with Crippen LogP contribution in [0.3, 0.4) is 0 Å². The maximum absolute atomic E-state index is 12.7. The molecule has 2 aromatic rings. The normalized spacial score (nSPS) is 22.7. The molecule has 1 N–H and O–H groups in total. The Morgan fingerprint density at radius 3 is 1.52 bits per heavy atom. The fraction of sp³-hybridized carbons (Fsp3) is 0.571. The molecule has 0 spiro atoms. The Hall–Kier alpha value is -3.01. The Morgan fingerprint density at radius 2 is 1.12 bits per heavy atom. The topological polar surface area (TPSA) is 124 Å². The number of hydrogen-bond acceptors (Lipinski definition) is 9. The number of ether oxygens (including phenoxy) is 5. The van der Waals surface area contributed by atoms with Gasteiger partial charge in [-0.3, -0.25) is 9.80 Å². The summed E-state index contributed by atoms with van der Waals surface area (Å²) in [6.07, 6.45) is -2.09. The molecule has 2 heterocycles. The van der Waals surface area contributed by atoms with Gasteiger partial charge in [0, 0.05) is 8.41 Å². The van der Waals surface area contributed by atoms with E-state index in [9.17, 15) is 19.5 Å². The van der Waals surface area contributed by atoms with Gasteiger partial charge in [-0.25, -0.2) is 14.4 Å². The quantitative estimate of drug-likeness (QED) is 0.299. The summed E-state index contributed by atoms with van der Waals surface area (Å²) in [5.74, 6) is -0.541. The first kappa shape index (κ1) is 43.0. The van der Waals surface area contributed by atoms with Gasteiger partial charge >= 0.3 is 37.0 Å². The molecule has 13 heteroatoms. The van der Waals surface area contributed by atoms with Gasteiger partial charge in [-0.2, -0.15) is 0 Å². The van der Waals surface area contributed by atoms with E-state index in [0.29, 0.717) is 0 Å². The summed E-state index contributed by atoms with van der Waals surface area (Å²) in [4.78, 5) is 40.5. The van der Waals surface area contributed by atoms with Gasteiger partial charge in [0.05, 0.1) is 19.8 Å². The molecule has 4 atom stereocenters. The van der Waals surface area contributed by atoms with Crippen LogP contribution in [0.4, 0.5) is 9.59 Å². The van der Waals surface area contributed by atoms with E-state index < -0.39 is 59.0 Å². The molecule has 2 amide bonds. The number of amides is 2. The number of hydrogen-bond donors (Lipinski definition) is 1. The van der Waals surface area contributed by atoms with Crippen LogP contribution in [0.5, 0.6) is 0 Å². The van der Waals surface area contributed by atoms with E-state index >= 15 is 0 Å². The van der Waals surface area contributed by atoms with Crippen molar-refractivity contribution in [1.29, 1.82) is 0 Å². The molecule has 3 radical (unpaired) electrons. The largest absolute Gasteiger partial charge is 1.00 e. The van der Waals surface area contributed by atoms with Crippen LogP contribution in [-0.2, 0) is 28.5 Å². The van der Waals surface area contributed by atoms with Crippen molar-refractivity contribution in [2.45, 2.75) is 116 Å². The number of esters is 1. The molecule has 11 nitrogen and oxygen atoms in total. The summed E-state index contributed by atoms with van der Waals surface area (Å²) in [6.45, 7) is 17.7. The number of rotatable bonds is 4. The van der Waals surface area contributed by atoms with Gasteiger partial charge in [0.25, 0.3) is 0 Å². The van der Waals surface area contributed by atoms with Crippen LogP contribution < -0.4 is 18.9 Å². The van der Waals surface area contributed by atoms with Crippen molar-refractivity contribution in [1.82, 2.24) is 9.80 Å². The van der Waals surface area contributed by atoms with Crippen LogP contribution in [-0.4, -0.2) is 89.9 Å². The first-order chi connectivity index (χ1) is 21.2. The number of carbonyl (C=O) groups is 3. The molecule has 0 aliphatic carbocycles. The van der Waals surface area contributed by atoms with Crippen LogP contribution in [0.2, 0.25) is 0 Å². The van der Waals surface area contributed by atoms with Gasteiger partial charge in [0.15, 0.2) is 6.04 Å². The van der Waals surface area contributed by atoms with Crippen LogP contribution >= 0.6 is 0 Å². The summed E-state index contributed by atoms with van der Waals surface area (Å²) >= 11 is 0. The van der Waals surface area contributed by atoms with Crippen molar-refractivity contribution >= 4 is 26.6 Å². The predicted octanol–water partition coefficient (Wildman–Crippen LogP) is 3.10. The van der Waals surface area contributed by atoms with Crippen LogP contribution in [0, 0.1) is 0 Å². The molecule has 4 rings (SSSR count). The Morgan fingerprint density at radius 1 is 0.750 bits per heavy atom. The van der Waals surface area contributed by atoms with Crippen molar-refractivity contribution in [2.24, 2.45) is 0 Å². The molecule has 2 aliphatic rings. The minimum Gasteiger partial charge on any atom is -1.00 e. The molecular weight excluding hydrogens is 610 g/mol. The summed E-state index contributed by atoms with van der Waals surface area (Å²) in [6, 6.07) is 17.5. The van der Waals surface area contributed by atoms with Gasteiger partial charge < -0.3 is 30.2 Å². The van der Waals surface area contributed by atoms with Crippen LogP contribution in [0.1, 0.15) is 94.0 Å². The first-order valence-electron chi connectivity index (χ1n) is 15.4. The summed E-state index contributed by atoms with van der Waals surface area (Å²) in [5, 5.41) is 9.82. The van der Waals surface area contributed by atoms with Crippen LogP contribution in [0.25, 0.3) is 0 Å². The van der Waals surface area contributed by atoms with E-state index in [2.05, 4.69) is 0 Å². The maximum Gasteiger partial charge on any atom is 1.00 e. The van der Waals surface area contributed by atoms with E-state index in [0.717, 1.165) is 11.1 Å². The zero-order valence-electron chi connectivity index (χ0n) is 31.5. The van der Waals surface area contributed by atoms with E-state index in [1.165, 1.54) is 16.9 Å². The molecule has 0 bridgehead atoms. The van der Waals surface area contributed by atoms with E-state index in [4.69, 9.17) is 23.7 Å². The summed E-state index contributed by atoms with van der Waals surface area (Å²) in [5.41, 5.74) is -1.41. The Bertz CT molecular complexity index is 1350. The van der Waals surface area contributed by atoms with Gasteiger partial charge in [0.2, 0.25) is 0 Å². The number of carbonyl (C=O) groups excluding carboxylic acids is 3. The van der Waals surface area contributed by atoms with Crippen molar-refractivity contribution in [3.63, 3.8) is 0 Å². The molecule has 2 saturated heterocycles. The Labute approximate surface area is 300 Å². The SMILES string of the molecule is CC(C)(C)OC(=O)N1[C@H](CO)[C@@H](c2ccccc2)OC1(C)C.COC(=O)[C@@H]1[C@@H](c2ccccc2)OC(C)(C)N1C(=O)OC(C)(C)C.[B].[H-].[Li+]. The number of nitrogens with zero attached hydrogens (tertiary/aromatic N) is 2. The Balaban J connectivity index is 0.000000889. The molecule has 48 heavy (non-hydrogen) atoms. The molecule has 2 aromatic carbocycles. The number of methoxy groups -OCH3 is 1. The van der Waals surface area contributed by atoms with E-state index in [-0.39, 0.29) is 41.4 Å². The van der Waals surface area contributed by atoms with Gasteiger partial charge in [-0.15, -0.1) is 0 Å². The standard InChI is InChI=1S/C18H25NO5.C17H25NO4.B.Li.H/c1-17(2,3)24-16(21)19-13(15(20)22-6)14(23-18(19,4)5)12-10-8-7-9-11-12;1-16(2,3)22-15(20)18-13(11-19)14(21-17(18,4)5)12-9-7-6-8-10-12;;;/h7-11,13-14H,1-6H3;6-10,13-14,19H,11H2,1-5H3;;;/q;;;+1;-1/t13-,14+;13-,14-;;;/m01.../s1. The average Bonchev–Trinajstić information content (AvgIpc) is 3.40. The fourth-order valence-electron chi connectivity index (χ4n) is 5.55. The molecule has 259 valence electrons. The average molecular weight is 662 g/mol. The first-order valence-corrected chi connectivity index (χ1v) is 15.4. The third-order valence-electron chi connectivity index (χ3n) is 7.30. The molecule has 2 fully saturated rings. The van der Waals surface area contributed by atoms with Gasteiger partial charge in [-0.05, 0) is 80.4 Å². The van der Waals surface area contributed by atoms with E-state index in [1.54, 1.807) is 34.6 Å². The summed E-state index contributed by atoms with van der Waals surface area (Å²) in [7, 11) is 1.29. The monoisotopic (exact) mass is 661 g/mol. The number of aliphatic hydroxyl groups excluding tert-OH is 1. The fourth-order valence-corrected chi connectivity index (χ4v) is 5.55. The number of aliphatic hydroxyl groups is 1.